The Hall–Kier alpha value is -2.30. The zero-order valence-electron chi connectivity index (χ0n) is 14.6. The number of hydrogen-bond donors (Lipinski definition) is 1. The van der Waals surface area contributed by atoms with Crippen LogP contribution in [0.15, 0.2) is 35.5 Å². The first-order valence-corrected chi connectivity index (χ1v) is 9.70. The Morgan fingerprint density at radius 3 is 2.69 bits per heavy atom. The molecule has 0 radical (unpaired) electrons. The smallest absolute Gasteiger partial charge is 0.254 e. The molecular weight excluding hydrogens is 358 g/mol. The molecule has 9 nitrogen and oxygen atoms in total. The molecule has 2 heterocycles. The van der Waals surface area contributed by atoms with Gasteiger partial charge in [-0.15, -0.1) is 10.2 Å². The highest BCUT2D eigenvalue weighted by atomic mass is 32.2. The van der Waals surface area contributed by atoms with Gasteiger partial charge >= 0.3 is 0 Å². The average Bonchev–Trinajstić information content (AvgIpc) is 3.08. The first-order valence-electron chi connectivity index (χ1n) is 8.22. The van der Waals surface area contributed by atoms with Gasteiger partial charge in [0.2, 0.25) is 10.0 Å². The molecule has 26 heavy (non-hydrogen) atoms. The number of amides is 1. The molecule has 0 aliphatic carbocycles. The van der Waals surface area contributed by atoms with E-state index in [1.807, 2.05) is 0 Å². The van der Waals surface area contributed by atoms with Gasteiger partial charge in [0.05, 0.1) is 24.2 Å². The molecule has 1 atom stereocenters. The van der Waals surface area contributed by atoms with Gasteiger partial charge in [-0.25, -0.2) is 13.1 Å². The number of nitrogens with zero attached hydrogens (tertiary/aromatic N) is 4. The van der Waals surface area contributed by atoms with Crippen LogP contribution in [0.1, 0.15) is 29.1 Å². The minimum absolute atomic E-state index is 0.0330. The molecule has 0 spiro atoms. The van der Waals surface area contributed by atoms with Crippen LogP contribution in [0.25, 0.3) is 0 Å². The van der Waals surface area contributed by atoms with Crippen LogP contribution in [0.2, 0.25) is 0 Å². The third-order valence-electron chi connectivity index (χ3n) is 4.16. The lowest BCUT2D eigenvalue weighted by molar-refractivity contribution is 0.0302. The van der Waals surface area contributed by atoms with Crippen LogP contribution in [0.5, 0.6) is 0 Å². The van der Waals surface area contributed by atoms with E-state index < -0.39 is 16.1 Å². The number of carbonyl (C=O) groups is 1. The summed E-state index contributed by atoms with van der Waals surface area (Å²) < 4.78 is 34.8. The van der Waals surface area contributed by atoms with Crippen molar-refractivity contribution in [3.05, 3.63) is 42.0 Å². The number of benzene rings is 1. The van der Waals surface area contributed by atoms with Crippen molar-refractivity contribution >= 4 is 15.9 Å². The molecule has 1 fully saturated rings. The Kier molecular flexibility index (Phi) is 5.35. The fourth-order valence-electron chi connectivity index (χ4n) is 2.78. The Bertz CT molecular complexity index is 890. The number of rotatable bonds is 5. The fraction of sp³-hybridized carbons (Fsp3) is 0.438. The molecule has 0 saturated carbocycles. The van der Waals surface area contributed by atoms with Crippen LogP contribution in [0.3, 0.4) is 0 Å². The summed E-state index contributed by atoms with van der Waals surface area (Å²) in [5.74, 6) is 0.292. The predicted molar refractivity (Wildman–Crippen MR) is 92.9 cm³/mol. The van der Waals surface area contributed by atoms with Crippen LogP contribution >= 0.6 is 0 Å². The summed E-state index contributed by atoms with van der Waals surface area (Å²) in [6.07, 6.45) is 1.50. The van der Waals surface area contributed by atoms with Gasteiger partial charge < -0.3 is 14.2 Å². The van der Waals surface area contributed by atoms with Crippen molar-refractivity contribution in [1.29, 1.82) is 0 Å². The largest absolute Gasteiger partial charge is 0.378 e. The van der Waals surface area contributed by atoms with Crippen LogP contribution in [-0.4, -0.2) is 60.3 Å². The summed E-state index contributed by atoms with van der Waals surface area (Å²) in [6.45, 7) is 3.65. The van der Waals surface area contributed by atoms with Gasteiger partial charge in [0.15, 0.2) is 0 Å². The third-order valence-corrected chi connectivity index (χ3v) is 5.69. The summed E-state index contributed by atoms with van der Waals surface area (Å²) >= 11 is 0. The average molecular weight is 379 g/mol. The molecule has 0 bridgehead atoms. The van der Waals surface area contributed by atoms with E-state index >= 15 is 0 Å². The molecular formula is C16H21N5O4S. The van der Waals surface area contributed by atoms with Crippen molar-refractivity contribution in [2.24, 2.45) is 7.05 Å². The van der Waals surface area contributed by atoms with E-state index in [1.165, 1.54) is 18.5 Å². The van der Waals surface area contributed by atoms with E-state index in [4.69, 9.17) is 4.74 Å². The predicted octanol–water partition coefficient (Wildman–Crippen LogP) is 0.327. The van der Waals surface area contributed by atoms with Gasteiger partial charge in [-0.1, -0.05) is 6.07 Å². The van der Waals surface area contributed by atoms with E-state index in [9.17, 15) is 13.2 Å². The Balaban J connectivity index is 1.80. The number of ether oxygens (including phenoxy) is 1. The van der Waals surface area contributed by atoms with E-state index in [2.05, 4.69) is 14.9 Å². The number of aromatic nitrogens is 3. The molecule has 1 aliphatic rings. The van der Waals surface area contributed by atoms with Gasteiger partial charge in [0, 0.05) is 25.7 Å². The van der Waals surface area contributed by atoms with E-state index in [0.717, 1.165) is 0 Å². The quantitative estimate of drug-likeness (QED) is 0.802. The van der Waals surface area contributed by atoms with Crippen molar-refractivity contribution in [3.8, 4) is 0 Å². The number of hydrogen-bond acceptors (Lipinski definition) is 6. The first-order chi connectivity index (χ1) is 12.4. The number of aryl methyl sites for hydroxylation is 1. The minimum atomic E-state index is -3.82. The number of nitrogens with one attached hydrogen (secondary N) is 1. The zero-order valence-corrected chi connectivity index (χ0v) is 15.4. The highest BCUT2D eigenvalue weighted by molar-refractivity contribution is 7.89. The molecule has 0 unspecified atom stereocenters. The normalized spacial score (nSPS) is 16.5. The van der Waals surface area contributed by atoms with Crippen LogP contribution in [0, 0.1) is 0 Å². The number of sulfonamides is 1. The zero-order chi connectivity index (χ0) is 18.7. The van der Waals surface area contributed by atoms with Crippen LogP contribution < -0.4 is 4.72 Å². The summed E-state index contributed by atoms with van der Waals surface area (Å²) in [5, 5.41) is 7.67. The number of carbonyl (C=O) groups excluding carboxylic acids is 1. The SMILES string of the molecule is C[C@H](NS(=O)(=O)c1cccc(C(=O)N2CCOCC2)c1)c1nncn1C. The second-order valence-corrected chi connectivity index (χ2v) is 7.79. The number of morpholine rings is 1. The minimum Gasteiger partial charge on any atom is -0.378 e. The van der Waals surface area contributed by atoms with Gasteiger partial charge in [-0.3, -0.25) is 4.79 Å². The molecule has 1 aromatic heterocycles. The third kappa shape index (κ3) is 3.92. The summed E-state index contributed by atoms with van der Waals surface area (Å²) in [5.41, 5.74) is 0.334. The van der Waals surface area contributed by atoms with Crippen molar-refractivity contribution in [2.45, 2.75) is 17.9 Å². The molecule has 1 amide bonds. The van der Waals surface area contributed by atoms with Crippen molar-refractivity contribution in [1.82, 2.24) is 24.4 Å². The lowest BCUT2D eigenvalue weighted by atomic mass is 10.2. The maximum absolute atomic E-state index is 12.7. The molecule has 1 aliphatic heterocycles. The molecule has 140 valence electrons. The van der Waals surface area contributed by atoms with Crippen molar-refractivity contribution in [3.63, 3.8) is 0 Å². The fourth-order valence-corrected chi connectivity index (χ4v) is 4.03. The second kappa shape index (κ2) is 7.52. The lowest BCUT2D eigenvalue weighted by Gasteiger charge is -2.27. The topological polar surface area (TPSA) is 106 Å². The van der Waals surface area contributed by atoms with Crippen LogP contribution in [0.4, 0.5) is 0 Å². The van der Waals surface area contributed by atoms with Gasteiger partial charge in [-0.05, 0) is 25.1 Å². The standard InChI is InChI=1S/C16H21N5O4S/c1-12(15-18-17-11-20(15)2)19-26(23,24)14-5-3-4-13(10-14)16(22)21-6-8-25-9-7-21/h3-5,10-12,19H,6-9H2,1-2H3/t12-/m0/s1. The van der Waals surface area contributed by atoms with E-state index in [1.54, 1.807) is 35.6 Å². The Labute approximate surface area is 152 Å². The van der Waals surface area contributed by atoms with Crippen LogP contribution in [-0.2, 0) is 21.8 Å². The van der Waals surface area contributed by atoms with E-state index in [0.29, 0.717) is 37.7 Å². The maximum Gasteiger partial charge on any atom is 0.254 e. The molecule has 1 N–H and O–H groups in total. The second-order valence-electron chi connectivity index (χ2n) is 6.08. The highest BCUT2D eigenvalue weighted by Crippen LogP contribution is 2.17. The Morgan fingerprint density at radius 1 is 1.31 bits per heavy atom. The molecule has 2 aromatic rings. The van der Waals surface area contributed by atoms with Crippen molar-refractivity contribution in [2.75, 3.05) is 26.3 Å². The van der Waals surface area contributed by atoms with Gasteiger partial charge in [0.25, 0.3) is 5.91 Å². The summed E-state index contributed by atoms with van der Waals surface area (Å²) in [7, 11) is -2.08. The van der Waals surface area contributed by atoms with E-state index in [-0.39, 0.29) is 10.8 Å². The van der Waals surface area contributed by atoms with Crippen molar-refractivity contribution < 1.29 is 17.9 Å². The molecule has 3 rings (SSSR count). The Morgan fingerprint density at radius 2 is 2.04 bits per heavy atom. The molecule has 1 aromatic carbocycles. The summed E-state index contributed by atoms with van der Waals surface area (Å²) in [4.78, 5) is 14.3. The molecule has 10 heteroatoms. The van der Waals surface area contributed by atoms with Gasteiger partial charge in [0.1, 0.15) is 12.2 Å². The summed E-state index contributed by atoms with van der Waals surface area (Å²) in [6, 6.07) is 5.47. The first kappa shape index (κ1) is 18.5. The highest BCUT2D eigenvalue weighted by Gasteiger charge is 2.24. The molecule has 1 saturated heterocycles. The monoisotopic (exact) mass is 379 g/mol. The lowest BCUT2D eigenvalue weighted by Crippen LogP contribution is -2.40. The maximum atomic E-state index is 12.7. The van der Waals surface area contributed by atoms with Gasteiger partial charge in [-0.2, -0.15) is 0 Å².